The minimum absolute atomic E-state index is 0.301. The van der Waals surface area contributed by atoms with Crippen LogP contribution in [-0.2, 0) is 6.42 Å². The van der Waals surface area contributed by atoms with Gasteiger partial charge in [0.15, 0.2) is 17.5 Å². The van der Waals surface area contributed by atoms with Crippen molar-refractivity contribution in [2.24, 2.45) is 0 Å². The average Bonchev–Trinajstić information content (AvgIpc) is 2.95. The van der Waals surface area contributed by atoms with Crippen molar-refractivity contribution in [2.75, 3.05) is 0 Å². The molecule has 1 atom stereocenters. The van der Waals surface area contributed by atoms with Crippen LogP contribution >= 0.6 is 0 Å². The Morgan fingerprint density at radius 2 is 0.929 bits per heavy atom. The number of benzene rings is 3. The van der Waals surface area contributed by atoms with Gasteiger partial charge < -0.3 is 5.11 Å². The van der Waals surface area contributed by atoms with E-state index in [1.165, 1.54) is 73.6 Å². The molecule has 0 radical (unpaired) electrons. The van der Waals surface area contributed by atoms with Gasteiger partial charge in [-0.05, 0) is 70.4 Å². The summed E-state index contributed by atoms with van der Waals surface area (Å²) in [4.78, 5) is 14.8. The summed E-state index contributed by atoms with van der Waals surface area (Å²) in [5.41, 5.74) is 8.83. The van der Waals surface area contributed by atoms with Crippen molar-refractivity contribution in [3.05, 3.63) is 88.5 Å². The minimum atomic E-state index is -0.301. The third-order valence-electron chi connectivity index (χ3n) is 7.92. The molecule has 1 aromatic heterocycles. The number of nitrogens with zero attached hydrogens (tertiary/aromatic N) is 3. The van der Waals surface area contributed by atoms with Crippen molar-refractivity contribution in [3.63, 3.8) is 0 Å². The summed E-state index contributed by atoms with van der Waals surface area (Å²) in [6.07, 6.45) is 12.9. The lowest BCUT2D eigenvalue weighted by atomic mass is 10.0. The lowest BCUT2D eigenvalue weighted by Gasteiger charge is -2.12. The number of aromatic nitrogens is 3. The molecule has 222 valence electrons. The zero-order valence-electron chi connectivity index (χ0n) is 26.4. The predicted molar refractivity (Wildman–Crippen MR) is 177 cm³/mol. The molecule has 42 heavy (non-hydrogen) atoms. The second-order valence-electron chi connectivity index (χ2n) is 12.2. The smallest absolute Gasteiger partial charge is 0.164 e. The third-order valence-corrected chi connectivity index (χ3v) is 7.92. The van der Waals surface area contributed by atoms with Crippen LogP contribution in [0.5, 0.6) is 0 Å². The Kier molecular flexibility index (Phi) is 11.8. The van der Waals surface area contributed by atoms with Crippen LogP contribution < -0.4 is 0 Å². The molecule has 0 spiro atoms. The first-order chi connectivity index (χ1) is 20.3. The summed E-state index contributed by atoms with van der Waals surface area (Å²) < 4.78 is 0. The van der Waals surface area contributed by atoms with Crippen LogP contribution in [0, 0.1) is 27.7 Å². The molecule has 4 heteroatoms. The average molecular weight is 564 g/mol. The van der Waals surface area contributed by atoms with Crippen molar-refractivity contribution in [2.45, 2.75) is 111 Å². The second kappa shape index (κ2) is 15.7. The van der Waals surface area contributed by atoms with Crippen molar-refractivity contribution in [1.82, 2.24) is 15.0 Å². The van der Waals surface area contributed by atoms with Crippen molar-refractivity contribution in [3.8, 4) is 34.2 Å². The number of aryl methyl sites for hydroxylation is 4. The first kappa shape index (κ1) is 31.6. The quantitative estimate of drug-likeness (QED) is 0.146. The Hall–Kier alpha value is -3.37. The fourth-order valence-electron chi connectivity index (χ4n) is 5.83. The molecule has 1 unspecified atom stereocenters. The zero-order valence-corrected chi connectivity index (χ0v) is 26.4. The van der Waals surface area contributed by atoms with Crippen LogP contribution in [0.4, 0.5) is 0 Å². The SMILES string of the molecule is CCCCCCCCCCCC(O)Cc1ccc(-c2nc(-c3cc(C)cc(C)c3)nc(-c3cc(C)cc(C)c3)n2)cc1. The van der Waals surface area contributed by atoms with Gasteiger partial charge in [-0.15, -0.1) is 0 Å². The molecule has 0 bridgehead atoms. The van der Waals surface area contributed by atoms with Crippen LogP contribution in [0.15, 0.2) is 60.7 Å². The van der Waals surface area contributed by atoms with Gasteiger partial charge in [0.05, 0.1) is 6.10 Å². The van der Waals surface area contributed by atoms with E-state index < -0.39 is 0 Å². The summed E-state index contributed by atoms with van der Waals surface area (Å²) in [5, 5.41) is 10.7. The number of hydrogen-bond donors (Lipinski definition) is 1. The molecular weight excluding hydrogens is 514 g/mol. The van der Waals surface area contributed by atoms with E-state index >= 15 is 0 Å². The largest absolute Gasteiger partial charge is 0.393 e. The minimum Gasteiger partial charge on any atom is -0.393 e. The van der Waals surface area contributed by atoms with Crippen LogP contribution in [0.3, 0.4) is 0 Å². The highest BCUT2D eigenvalue weighted by molar-refractivity contribution is 5.67. The first-order valence-electron chi connectivity index (χ1n) is 16.0. The van der Waals surface area contributed by atoms with Crippen molar-refractivity contribution >= 4 is 0 Å². The molecule has 1 heterocycles. The maximum absolute atomic E-state index is 10.7. The van der Waals surface area contributed by atoms with Gasteiger partial charge in [0.25, 0.3) is 0 Å². The number of hydrogen-bond acceptors (Lipinski definition) is 4. The van der Waals surface area contributed by atoms with Gasteiger partial charge in [0.2, 0.25) is 0 Å². The topological polar surface area (TPSA) is 58.9 Å². The van der Waals surface area contributed by atoms with Crippen LogP contribution in [0.2, 0.25) is 0 Å². The van der Waals surface area contributed by atoms with E-state index in [0.29, 0.717) is 23.9 Å². The number of aliphatic hydroxyl groups is 1. The molecule has 0 aliphatic carbocycles. The van der Waals surface area contributed by atoms with Crippen molar-refractivity contribution in [1.29, 1.82) is 0 Å². The monoisotopic (exact) mass is 563 g/mol. The highest BCUT2D eigenvalue weighted by Crippen LogP contribution is 2.27. The van der Waals surface area contributed by atoms with Crippen LogP contribution in [-0.4, -0.2) is 26.2 Å². The fraction of sp³-hybridized carbons (Fsp3) is 0.447. The van der Waals surface area contributed by atoms with E-state index in [9.17, 15) is 5.11 Å². The molecule has 0 amide bonds. The summed E-state index contributed by atoms with van der Waals surface area (Å²) in [6.45, 7) is 10.7. The van der Waals surface area contributed by atoms with E-state index in [4.69, 9.17) is 15.0 Å². The normalized spacial score (nSPS) is 12.0. The molecule has 4 aromatic rings. The molecule has 0 fully saturated rings. The molecular formula is C38H49N3O. The van der Waals surface area contributed by atoms with Crippen LogP contribution in [0.1, 0.15) is 98.9 Å². The Morgan fingerprint density at radius 1 is 0.524 bits per heavy atom. The molecule has 4 rings (SSSR count). The number of aliphatic hydroxyl groups excluding tert-OH is 1. The highest BCUT2D eigenvalue weighted by Gasteiger charge is 2.14. The van der Waals surface area contributed by atoms with E-state index in [2.05, 4.69) is 95.3 Å². The van der Waals surface area contributed by atoms with E-state index in [1.54, 1.807) is 0 Å². The second-order valence-corrected chi connectivity index (χ2v) is 12.2. The van der Waals surface area contributed by atoms with Gasteiger partial charge in [-0.25, -0.2) is 15.0 Å². The summed E-state index contributed by atoms with van der Waals surface area (Å²) in [5.74, 6) is 2.03. The Labute approximate surface area is 253 Å². The zero-order chi connectivity index (χ0) is 29.9. The lowest BCUT2D eigenvalue weighted by Crippen LogP contribution is -2.10. The van der Waals surface area contributed by atoms with Gasteiger partial charge in [-0.1, -0.05) is 123 Å². The van der Waals surface area contributed by atoms with Gasteiger partial charge in [0.1, 0.15) is 0 Å². The summed E-state index contributed by atoms with van der Waals surface area (Å²) >= 11 is 0. The third kappa shape index (κ3) is 9.59. The van der Waals surface area contributed by atoms with E-state index in [-0.39, 0.29) is 6.10 Å². The first-order valence-corrected chi connectivity index (χ1v) is 16.0. The van der Waals surface area contributed by atoms with E-state index in [0.717, 1.165) is 35.1 Å². The van der Waals surface area contributed by atoms with Crippen LogP contribution in [0.25, 0.3) is 34.2 Å². The number of unbranched alkanes of at least 4 members (excludes halogenated alkanes) is 8. The summed E-state index contributed by atoms with van der Waals surface area (Å²) in [6, 6.07) is 21.2. The van der Waals surface area contributed by atoms with Gasteiger partial charge in [0, 0.05) is 16.7 Å². The van der Waals surface area contributed by atoms with Crippen molar-refractivity contribution < 1.29 is 5.11 Å². The molecule has 0 aliphatic heterocycles. The molecule has 3 aromatic carbocycles. The molecule has 1 N–H and O–H groups in total. The molecule has 0 saturated heterocycles. The highest BCUT2D eigenvalue weighted by atomic mass is 16.3. The summed E-state index contributed by atoms with van der Waals surface area (Å²) in [7, 11) is 0. The number of rotatable bonds is 15. The predicted octanol–water partition coefficient (Wildman–Crippen LogP) is 9.93. The van der Waals surface area contributed by atoms with Gasteiger partial charge in [-0.3, -0.25) is 0 Å². The van der Waals surface area contributed by atoms with Gasteiger partial charge >= 0.3 is 0 Å². The maximum atomic E-state index is 10.7. The molecule has 4 nitrogen and oxygen atoms in total. The fourth-order valence-corrected chi connectivity index (χ4v) is 5.83. The molecule has 0 saturated carbocycles. The lowest BCUT2D eigenvalue weighted by molar-refractivity contribution is 0.161. The van der Waals surface area contributed by atoms with E-state index in [1.807, 2.05) is 0 Å². The standard InChI is InChI=1S/C38H49N3O/c1-6-7-8-9-10-11-12-13-14-15-35(42)26-31-16-18-32(19-17-31)36-39-37(33-22-27(2)20-28(3)23-33)41-38(40-36)34-24-29(4)21-30(5)25-34/h16-25,35,42H,6-15,26H2,1-5H3. The maximum Gasteiger partial charge on any atom is 0.164 e. The van der Waals surface area contributed by atoms with Gasteiger partial charge in [-0.2, -0.15) is 0 Å². The Bertz CT molecular complexity index is 1320. The Morgan fingerprint density at radius 3 is 1.38 bits per heavy atom. The molecule has 0 aliphatic rings. The Balaban J connectivity index is 1.45.